The summed E-state index contributed by atoms with van der Waals surface area (Å²) in [7, 11) is 0. The average Bonchev–Trinajstić information content (AvgIpc) is 3.15. The third-order valence-electron chi connectivity index (χ3n) is 4.15. The van der Waals surface area contributed by atoms with E-state index in [-0.39, 0.29) is 0 Å². The van der Waals surface area contributed by atoms with Crippen LogP contribution in [0.2, 0.25) is 5.02 Å². The van der Waals surface area contributed by atoms with E-state index in [9.17, 15) is 0 Å². The van der Waals surface area contributed by atoms with Crippen molar-refractivity contribution in [1.82, 2.24) is 14.8 Å². The van der Waals surface area contributed by atoms with E-state index in [2.05, 4.69) is 50.4 Å². The van der Waals surface area contributed by atoms with Gasteiger partial charge in [0.2, 0.25) is 0 Å². The van der Waals surface area contributed by atoms with Gasteiger partial charge in [-0.1, -0.05) is 37.6 Å². The lowest BCUT2D eigenvalue weighted by atomic mass is 10.1. The summed E-state index contributed by atoms with van der Waals surface area (Å²) in [6.07, 6.45) is 4.02. The molecule has 0 fully saturated rings. The molecule has 0 radical (unpaired) electrons. The molecule has 2 heterocycles. The smallest absolute Gasteiger partial charge is 0.150 e. The summed E-state index contributed by atoms with van der Waals surface area (Å²) in [5.41, 5.74) is 3.44. The van der Waals surface area contributed by atoms with E-state index in [0.29, 0.717) is 6.54 Å². The molecule has 3 nitrogen and oxygen atoms in total. The topological polar surface area (TPSA) is 30.7 Å². The molecule has 5 heteroatoms. The summed E-state index contributed by atoms with van der Waals surface area (Å²) < 4.78 is 2.04. The van der Waals surface area contributed by atoms with E-state index in [1.807, 2.05) is 4.68 Å². The molecule has 0 bridgehead atoms. The monoisotopic (exact) mass is 373 g/mol. The predicted octanol–water partition coefficient (Wildman–Crippen LogP) is 5.92. The molecule has 0 saturated heterocycles. The number of nitrogens with zero attached hydrogens (tertiary/aromatic N) is 3. The molecule has 132 valence electrons. The van der Waals surface area contributed by atoms with Crippen molar-refractivity contribution < 1.29 is 0 Å². The van der Waals surface area contributed by atoms with Crippen molar-refractivity contribution in [2.45, 2.75) is 53.0 Å². The predicted molar refractivity (Wildman–Crippen MR) is 107 cm³/mol. The molecule has 1 aromatic carbocycles. The Morgan fingerprint density at radius 2 is 1.92 bits per heavy atom. The maximum atomic E-state index is 6.55. The Kier molecular flexibility index (Phi) is 5.92. The number of halogens is 1. The summed E-state index contributed by atoms with van der Waals surface area (Å²) in [5, 5.41) is 7.64. The Hall–Kier alpha value is -1.65. The zero-order valence-electron chi connectivity index (χ0n) is 15.1. The number of rotatable bonds is 7. The van der Waals surface area contributed by atoms with Gasteiger partial charge < -0.3 is 0 Å². The second-order valence-corrected chi connectivity index (χ2v) is 7.88. The summed E-state index contributed by atoms with van der Waals surface area (Å²) in [4.78, 5) is 5.99. The highest BCUT2D eigenvalue weighted by Crippen LogP contribution is 2.32. The van der Waals surface area contributed by atoms with E-state index < -0.39 is 0 Å². The van der Waals surface area contributed by atoms with E-state index in [0.717, 1.165) is 53.5 Å². The van der Waals surface area contributed by atoms with Crippen LogP contribution in [0.5, 0.6) is 0 Å². The van der Waals surface area contributed by atoms with Gasteiger partial charge >= 0.3 is 0 Å². The van der Waals surface area contributed by atoms with E-state index in [4.69, 9.17) is 21.7 Å². The Labute approximate surface area is 158 Å². The standard InChI is InChI=1S/C20H24ClN3S/c1-4-6-19-22-20(7-5-2)24(23-19)12-15-8-9-17(18(21)11-15)16-10-14(3)25-13-16/h8-11,13H,4-7,12H2,1-3H3. The first-order chi connectivity index (χ1) is 12.1. The molecular formula is C20H24ClN3S. The van der Waals surface area contributed by atoms with Crippen LogP contribution < -0.4 is 0 Å². The van der Waals surface area contributed by atoms with Gasteiger partial charge in [-0.2, -0.15) is 5.10 Å². The third-order valence-corrected chi connectivity index (χ3v) is 5.32. The van der Waals surface area contributed by atoms with Gasteiger partial charge in [0.15, 0.2) is 5.82 Å². The molecule has 0 unspecified atom stereocenters. The lowest BCUT2D eigenvalue weighted by Gasteiger charge is -2.08. The summed E-state index contributed by atoms with van der Waals surface area (Å²) in [6, 6.07) is 8.49. The Bertz CT molecular complexity index is 851. The van der Waals surface area contributed by atoms with Crippen LogP contribution in [0, 0.1) is 6.92 Å². The van der Waals surface area contributed by atoms with Gasteiger partial charge in [0.1, 0.15) is 5.82 Å². The van der Waals surface area contributed by atoms with Crippen LogP contribution in [-0.2, 0) is 19.4 Å². The Morgan fingerprint density at radius 1 is 1.12 bits per heavy atom. The van der Waals surface area contributed by atoms with Gasteiger partial charge in [-0.05, 0) is 48.4 Å². The SMILES string of the molecule is CCCc1nc(CCC)n(Cc2ccc(-c3csc(C)c3)c(Cl)c2)n1. The van der Waals surface area contributed by atoms with Gasteiger partial charge in [0, 0.05) is 28.3 Å². The first-order valence-corrected chi connectivity index (χ1v) is 10.1. The second-order valence-electron chi connectivity index (χ2n) is 6.36. The maximum absolute atomic E-state index is 6.55. The van der Waals surface area contributed by atoms with E-state index >= 15 is 0 Å². The zero-order chi connectivity index (χ0) is 17.8. The van der Waals surface area contributed by atoms with Crippen molar-refractivity contribution in [2.75, 3.05) is 0 Å². The quantitative estimate of drug-likeness (QED) is 0.514. The van der Waals surface area contributed by atoms with Crippen molar-refractivity contribution >= 4 is 22.9 Å². The molecule has 3 rings (SSSR count). The number of hydrogen-bond donors (Lipinski definition) is 0. The van der Waals surface area contributed by atoms with Crippen LogP contribution in [0.3, 0.4) is 0 Å². The van der Waals surface area contributed by atoms with Crippen LogP contribution in [0.1, 0.15) is 48.8 Å². The summed E-state index contributed by atoms with van der Waals surface area (Å²) >= 11 is 8.30. The number of benzene rings is 1. The average molecular weight is 374 g/mol. The fourth-order valence-electron chi connectivity index (χ4n) is 2.94. The molecule has 25 heavy (non-hydrogen) atoms. The van der Waals surface area contributed by atoms with Crippen molar-refractivity contribution in [3.8, 4) is 11.1 Å². The summed E-state index contributed by atoms with van der Waals surface area (Å²) in [5.74, 6) is 2.02. The largest absolute Gasteiger partial charge is 0.245 e. The first-order valence-electron chi connectivity index (χ1n) is 8.87. The maximum Gasteiger partial charge on any atom is 0.150 e. The highest BCUT2D eigenvalue weighted by Gasteiger charge is 2.11. The zero-order valence-corrected chi connectivity index (χ0v) is 16.6. The highest BCUT2D eigenvalue weighted by atomic mass is 35.5. The van der Waals surface area contributed by atoms with Crippen LogP contribution in [-0.4, -0.2) is 14.8 Å². The third kappa shape index (κ3) is 4.31. The van der Waals surface area contributed by atoms with Gasteiger partial charge in [-0.15, -0.1) is 11.3 Å². The van der Waals surface area contributed by atoms with Crippen molar-refractivity contribution in [2.24, 2.45) is 0 Å². The Morgan fingerprint density at radius 3 is 2.56 bits per heavy atom. The summed E-state index contributed by atoms with van der Waals surface area (Å²) in [6.45, 7) is 7.16. The lowest BCUT2D eigenvalue weighted by Crippen LogP contribution is -2.07. The van der Waals surface area contributed by atoms with Crippen LogP contribution >= 0.6 is 22.9 Å². The fourth-order valence-corrected chi connectivity index (χ4v) is 3.95. The number of aromatic nitrogens is 3. The lowest BCUT2D eigenvalue weighted by molar-refractivity contribution is 0.623. The minimum atomic E-state index is 0.717. The molecule has 2 aromatic heterocycles. The van der Waals surface area contributed by atoms with Crippen LogP contribution in [0.25, 0.3) is 11.1 Å². The van der Waals surface area contributed by atoms with Gasteiger partial charge in [0.25, 0.3) is 0 Å². The van der Waals surface area contributed by atoms with Crippen molar-refractivity contribution in [3.05, 3.63) is 56.8 Å². The molecule has 3 aromatic rings. The first kappa shape index (κ1) is 18.2. The minimum absolute atomic E-state index is 0.717. The molecule has 0 amide bonds. The molecule has 0 atom stereocenters. The van der Waals surface area contributed by atoms with Crippen molar-refractivity contribution in [1.29, 1.82) is 0 Å². The number of thiophene rings is 1. The van der Waals surface area contributed by atoms with Gasteiger partial charge in [0.05, 0.1) is 6.54 Å². The number of aryl methyl sites for hydroxylation is 3. The van der Waals surface area contributed by atoms with Crippen LogP contribution in [0.15, 0.2) is 29.6 Å². The molecule has 0 saturated carbocycles. The molecular weight excluding hydrogens is 350 g/mol. The highest BCUT2D eigenvalue weighted by molar-refractivity contribution is 7.10. The normalized spacial score (nSPS) is 11.2. The molecule has 0 aliphatic heterocycles. The number of hydrogen-bond acceptors (Lipinski definition) is 3. The van der Waals surface area contributed by atoms with Gasteiger partial charge in [-0.25, -0.2) is 9.67 Å². The second kappa shape index (κ2) is 8.15. The molecule has 0 aliphatic carbocycles. The molecule has 0 aliphatic rings. The van der Waals surface area contributed by atoms with Crippen molar-refractivity contribution in [3.63, 3.8) is 0 Å². The fraction of sp³-hybridized carbons (Fsp3) is 0.400. The Balaban J connectivity index is 1.84. The van der Waals surface area contributed by atoms with Crippen LogP contribution in [0.4, 0.5) is 0 Å². The van der Waals surface area contributed by atoms with E-state index in [1.165, 1.54) is 10.4 Å². The molecule has 0 N–H and O–H groups in total. The van der Waals surface area contributed by atoms with Gasteiger partial charge in [-0.3, -0.25) is 0 Å². The van der Waals surface area contributed by atoms with E-state index in [1.54, 1.807) is 11.3 Å². The molecule has 0 spiro atoms. The minimum Gasteiger partial charge on any atom is -0.245 e.